The Morgan fingerprint density at radius 2 is 1.89 bits per heavy atom. The molecule has 6 nitrogen and oxygen atoms in total. The molecule has 146 valence electrons. The van der Waals surface area contributed by atoms with Crippen LogP contribution in [0, 0.1) is 6.92 Å². The van der Waals surface area contributed by atoms with Crippen LogP contribution in [-0.2, 0) is 18.4 Å². The highest BCUT2D eigenvalue weighted by atomic mass is 35.5. The van der Waals surface area contributed by atoms with Crippen LogP contribution in [0.3, 0.4) is 0 Å². The van der Waals surface area contributed by atoms with Gasteiger partial charge in [0.25, 0.3) is 0 Å². The Bertz CT molecular complexity index is 974. The number of ether oxygens (including phenoxy) is 1. The third-order valence-electron chi connectivity index (χ3n) is 3.84. The number of aryl methyl sites for hydroxylation is 1. The number of nitrogens with one attached hydrogen (secondary N) is 1. The van der Waals surface area contributed by atoms with Crippen LogP contribution in [0.15, 0.2) is 47.6 Å². The maximum atomic E-state index is 12.2. The number of carbonyl (C=O) groups excluding carboxylic acids is 1. The second-order valence-corrected chi connectivity index (χ2v) is 7.75. The van der Waals surface area contributed by atoms with Gasteiger partial charge in [-0.25, -0.2) is 0 Å². The van der Waals surface area contributed by atoms with Crippen molar-refractivity contribution >= 4 is 46.6 Å². The van der Waals surface area contributed by atoms with Crippen molar-refractivity contribution < 1.29 is 9.53 Å². The number of benzene rings is 2. The minimum absolute atomic E-state index is 0.145. The van der Waals surface area contributed by atoms with Crippen molar-refractivity contribution in [3.05, 3.63) is 63.9 Å². The predicted octanol–water partition coefficient (Wildman–Crippen LogP) is 4.74. The minimum atomic E-state index is -0.236. The van der Waals surface area contributed by atoms with Crippen molar-refractivity contribution in [2.45, 2.75) is 18.7 Å². The van der Waals surface area contributed by atoms with E-state index in [1.807, 2.05) is 38.2 Å². The van der Waals surface area contributed by atoms with E-state index in [9.17, 15) is 4.79 Å². The number of thioether (sulfide) groups is 1. The molecule has 0 aliphatic rings. The van der Waals surface area contributed by atoms with E-state index < -0.39 is 0 Å². The highest BCUT2D eigenvalue weighted by Crippen LogP contribution is 2.30. The largest absolute Gasteiger partial charge is 0.486 e. The quantitative estimate of drug-likeness (QED) is 0.541. The molecule has 3 rings (SSSR count). The molecule has 1 heterocycles. The molecular formula is C19H18Cl2N4O2S. The van der Waals surface area contributed by atoms with E-state index in [1.54, 1.807) is 22.8 Å². The van der Waals surface area contributed by atoms with Crippen molar-refractivity contribution in [2.75, 3.05) is 11.1 Å². The van der Waals surface area contributed by atoms with E-state index >= 15 is 0 Å². The van der Waals surface area contributed by atoms with Crippen molar-refractivity contribution in [3.8, 4) is 5.75 Å². The van der Waals surface area contributed by atoms with Crippen molar-refractivity contribution in [1.82, 2.24) is 14.8 Å². The third kappa shape index (κ3) is 5.19. The number of anilines is 1. The van der Waals surface area contributed by atoms with Crippen molar-refractivity contribution in [1.29, 1.82) is 0 Å². The molecule has 0 bridgehead atoms. The summed E-state index contributed by atoms with van der Waals surface area (Å²) in [5, 5.41) is 12.4. The summed E-state index contributed by atoms with van der Waals surface area (Å²) in [5.41, 5.74) is 1.53. The number of aromatic nitrogens is 3. The molecule has 2 aromatic carbocycles. The first-order valence-corrected chi connectivity index (χ1v) is 10.1. The van der Waals surface area contributed by atoms with E-state index in [1.165, 1.54) is 11.8 Å². The Morgan fingerprint density at radius 1 is 1.18 bits per heavy atom. The summed E-state index contributed by atoms with van der Waals surface area (Å²) in [5.74, 6) is 1.35. The topological polar surface area (TPSA) is 69.0 Å². The number of nitrogens with zero attached hydrogens (tertiary/aromatic N) is 3. The monoisotopic (exact) mass is 436 g/mol. The lowest BCUT2D eigenvalue weighted by Gasteiger charge is -2.09. The number of halogens is 2. The number of hydrogen-bond donors (Lipinski definition) is 1. The lowest BCUT2D eigenvalue weighted by molar-refractivity contribution is -0.113. The van der Waals surface area contributed by atoms with Gasteiger partial charge in [0.1, 0.15) is 12.4 Å². The van der Waals surface area contributed by atoms with E-state index in [2.05, 4.69) is 15.5 Å². The second kappa shape index (κ2) is 9.32. The molecule has 0 atom stereocenters. The summed E-state index contributed by atoms with van der Waals surface area (Å²) in [7, 11) is 1.83. The average molecular weight is 437 g/mol. The summed E-state index contributed by atoms with van der Waals surface area (Å²) >= 11 is 13.4. The summed E-state index contributed by atoms with van der Waals surface area (Å²) in [6.07, 6.45) is 0. The summed E-state index contributed by atoms with van der Waals surface area (Å²) in [6.45, 7) is 2.29. The molecule has 0 saturated carbocycles. The van der Waals surface area contributed by atoms with Crippen molar-refractivity contribution in [3.63, 3.8) is 0 Å². The van der Waals surface area contributed by atoms with Gasteiger partial charge in [-0.3, -0.25) is 4.79 Å². The van der Waals surface area contributed by atoms with Crippen LogP contribution >= 0.6 is 35.0 Å². The number of hydrogen-bond acceptors (Lipinski definition) is 5. The highest BCUT2D eigenvalue weighted by Gasteiger charge is 2.14. The SMILES string of the molecule is Cc1cccc(OCc2nnc(SCC(=O)Nc3c(Cl)cccc3Cl)n2C)c1. The molecule has 9 heteroatoms. The van der Waals surface area contributed by atoms with E-state index in [4.69, 9.17) is 27.9 Å². The number of para-hydroxylation sites is 1. The van der Waals surface area contributed by atoms with Crippen LogP contribution in [0.5, 0.6) is 5.75 Å². The number of rotatable bonds is 7. The van der Waals surface area contributed by atoms with Gasteiger partial charge in [-0.05, 0) is 36.8 Å². The number of carbonyl (C=O) groups is 1. The van der Waals surface area contributed by atoms with Crippen molar-refractivity contribution in [2.24, 2.45) is 7.05 Å². The Kier molecular flexibility index (Phi) is 6.83. The standard InChI is InChI=1S/C19H18Cl2N4O2S/c1-12-5-3-6-13(9-12)27-10-16-23-24-19(25(16)2)28-11-17(26)22-18-14(20)7-4-8-15(18)21/h3-9H,10-11H2,1-2H3,(H,22,26). The van der Waals surface area contributed by atoms with E-state index in [0.717, 1.165) is 11.3 Å². The van der Waals surface area contributed by atoms with Gasteiger partial charge in [0.15, 0.2) is 11.0 Å². The van der Waals surface area contributed by atoms with Gasteiger partial charge < -0.3 is 14.6 Å². The van der Waals surface area contributed by atoms with E-state index in [0.29, 0.717) is 26.7 Å². The Labute approximate surface area is 177 Å². The molecule has 1 amide bonds. The lowest BCUT2D eigenvalue weighted by Crippen LogP contribution is -2.15. The van der Waals surface area contributed by atoms with Gasteiger partial charge in [-0.2, -0.15) is 0 Å². The molecule has 1 aromatic heterocycles. The molecule has 0 saturated heterocycles. The first-order chi connectivity index (χ1) is 13.4. The summed E-state index contributed by atoms with van der Waals surface area (Å²) in [6, 6.07) is 12.8. The number of amides is 1. The molecule has 0 aliphatic carbocycles. The first-order valence-electron chi connectivity index (χ1n) is 8.38. The normalized spacial score (nSPS) is 10.7. The fourth-order valence-electron chi connectivity index (χ4n) is 2.37. The van der Waals surface area contributed by atoms with Gasteiger partial charge in [0, 0.05) is 7.05 Å². The molecule has 0 radical (unpaired) electrons. The first kappa shape index (κ1) is 20.5. The summed E-state index contributed by atoms with van der Waals surface area (Å²) in [4.78, 5) is 12.2. The minimum Gasteiger partial charge on any atom is -0.486 e. The smallest absolute Gasteiger partial charge is 0.234 e. The van der Waals surface area contributed by atoms with Gasteiger partial charge in [0.05, 0.1) is 21.5 Å². The van der Waals surface area contributed by atoms with Crippen LogP contribution < -0.4 is 10.1 Å². The zero-order valence-electron chi connectivity index (χ0n) is 15.3. The third-order valence-corrected chi connectivity index (χ3v) is 5.49. The predicted molar refractivity (Wildman–Crippen MR) is 112 cm³/mol. The molecule has 0 unspecified atom stereocenters. The van der Waals surface area contributed by atoms with Crippen LogP contribution in [0.1, 0.15) is 11.4 Å². The molecule has 28 heavy (non-hydrogen) atoms. The Hall–Kier alpha value is -2.22. The van der Waals surface area contributed by atoms with Crippen LogP contribution in [-0.4, -0.2) is 26.4 Å². The Balaban J connectivity index is 1.56. The van der Waals surface area contributed by atoms with Crippen LogP contribution in [0.2, 0.25) is 10.0 Å². The molecule has 1 N–H and O–H groups in total. The highest BCUT2D eigenvalue weighted by molar-refractivity contribution is 7.99. The maximum Gasteiger partial charge on any atom is 0.234 e. The maximum absolute atomic E-state index is 12.2. The fraction of sp³-hybridized carbons (Fsp3) is 0.211. The lowest BCUT2D eigenvalue weighted by atomic mass is 10.2. The molecular weight excluding hydrogens is 419 g/mol. The molecule has 0 fully saturated rings. The zero-order chi connectivity index (χ0) is 20.1. The Morgan fingerprint density at radius 3 is 2.61 bits per heavy atom. The van der Waals surface area contributed by atoms with Crippen LogP contribution in [0.4, 0.5) is 5.69 Å². The molecule has 0 spiro atoms. The van der Waals surface area contributed by atoms with Crippen LogP contribution in [0.25, 0.3) is 0 Å². The average Bonchev–Trinajstić information content (AvgIpc) is 3.01. The summed E-state index contributed by atoms with van der Waals surface area (Å²) < 4.78 is 7.56. The van der Waals surface area contributed by atoms with Gasteiger partial charge in [-0.1, -0.05) is 53.2 Å². The van der Waals surface area contributed by atoms with Gasteiger partial charge >= 0.3 is 0 Å². The molecule has 0 aliphatic heterocycles. The fourth-order valence-corrected chi connectivity index (χ4v) is 3.59. The molecule has 3 aromatic rings. The second-order valence-electron chi connectivity index (χ2n) is 6.00. The van der Waals surface area contributed by atoms with Gasteiger partial charge in [-0.15, -0.1) is 10.2 Å². The zero-order valence-corrected chi connectivity index (χ0v) is 17.6. The van der Waals surface area contributed by atoms with E-state index in [-0.39, 0.29) is 18.3 Å². The van der Waals surface area contributed by atoms with Gasteiger partial charge in [0.2, 0.25) is 5.91 Å².